The lowest BCUT2D eigenvalue weighted by molar-refractivity contribution is 0.666. The van der Waals surface area contributed by atoms with E-state index in [0.717, 1.165) is 76.9 Å². The molecule has 5 nitrogen and oxygen atoms in total. The van der Waals surface area contributed by atoms with Gasteiger partial charge in [-0.15, -0.1) is 0 Å². The number of nitriles is 2. The zero-order chi connectivity index (χ0) is 28.7. The van der Waals surface area contributed by atoms with Crippen molar-refractivity contribution < 1.29 is 4.42 Å². The average molecular weight is 549 g/mol. The SMILES string of the molecule is N#Cc1ccc2oc3c(-n4c5ccccc5c5cc(-n6c7ccccc7c7cccc(C#N)c76)ccc54)cccc3c2c1. The zero-order valence-electron chi connectivity index (χ0n) is 22.7. The number of rotatable bonds is 2. The molecule has 0 unspecified atom stereocenters. The summed E-state index contributed by atoms with van der Waals surface area (Å²) in [6, 6.07) is 45.6. The van der Waals surface area contributed by atoms with Crippen LogP contribution in [0.1, 0.15) is 11.1 Å². The maximum Gasteiger partial charge on any atom is 0.159 e. The van der Waals surface area contributed by atoms with Crippen molar-refractivity contribution in [3.63, 3.8) is 0 Å². The fraction of sp³-hybridized carbons (Fsp3) is 0. The van der Waals surface area contributed by atoms with Crippen LogP contribution in [0.4, 0.5) is 0 Å². The first-order valence-corrected chi connectivity index (χ1v) is 14.1. The van der Waals surface area contributed by atoms with E-state index >= 15 is 0 Å². The zero-order valence-corrected chi connectivity index (χ0v) is 22.7. The third kappa shape index (κ3) is 3.14. The summed E-state index contributed by atoms with van der Waals surface area (Å²) in [5.41, 5.74) is 8.82. The van der Waals surface area contributed by atoms with Crippen molar-refractivity contribution in [1.29, 1.82) is 10.5 Å². The second kappa shape index (κ2) is 8.60. The van der Waals surface area contributed by atoms with E-state index in [2.05, 4.69) is 88.0 Å². The lowest BCUT2D eigenvalue weighted by Gasteiger charge is -2.11. The van der Waals surface area contributed by atoms with Crippen LogP contribution in [0.3, 0.4) is 0 Å². The summed E-state index contributed by atoms with van der Waals surface area (Å²) in [6.45, 7) is 0. The Balaban J connectivity index is 1.37. The normalized spacial score (nSPS) is 11.7. The van der Waals surface area contributed by atoms with Crippen LogP contribution in [0.25, 0.3) is 76.9 Å². The molecule has 9 rings (SSSR count). The minimum atomic E-state index is 0.606. The fourth-order valence-corrected chi connectivity index (χ4v) is 6.77. The maximum absolute atomic E-state index is 10.1. The third-order valence-corrected chi connectivity index (χ3v) is 8.58. The van der Waals surface area contributed by atoms with E-state index in [1.54, 1.807) is 6.07 Å². The molecular formula is C38H20N4O. The summed E-state index contributed by atoms with van der Waals surface area (Å²) in [5.74, 6) is 0. The first kappa shape index (κ1) is 23.4. The van der Waals surface area contributed by atoms with Crippen LogP contribution < -0.4 is 0 Å². The van der Waals surface area contributed by atoms with E-state index in [1.807, 2.05) is 48.5 Å². The van der Waals surface area contributed by atoms with E-state index in [4.69, 9.17) is 4.42 Å². The maximum atomic E-state index is 10.1. The van der Waals surface area contributed by atoms with E-state index in [-0.39, 0.29) is 0 Å². The Kier molecular flexibility index (Phi) is 4.68. The molecule has 0 aliphatic rings. The summed E-state index contributed by atoms with van der Waals surface area (Å²) in [7, 11) is 0. The minimum Gasteiger partial charge on any atom is -0.454 e. The van der Waals surface area contributed by atoms with Crippen LogP contribution in [0.2, 0.25) is 0 Å². The molecule has 0 atom stereocenters. The highest BCUT2D eigenvalue weighted by Gasteiger charge is 2.20. The number of furan rings is 1. The van der Waals surface area contributed by atoms with Crippen LogP contribution in [0.15, 0.2) is 126 Å². The Morgan fingerprint density at radius 3 is 2.02 bits per heavy atom. The van der Waals surface area contributed by atoms with Crippen LogP contribution >= 0.6 is 0 Å². The first-order valence-electron chi connectivity index (χ1n) is 14.1. The van der Waals surface area contributed by atoms with E-state index in [9.17, 15) is 10.5 Å². The summed E-state index contributed by atoms with van der Waals surface area (Å²) in [6.07, 6.45) is 0. The van der Waals surface area contributed by atoms with Gasteiger partial charge >= 0.3 is 0 Å². The van der Waals surface area contributed by atoms with Crippen LogP contribution in [0.5, 0.6) is 0 Å². The van der Waals surface area contributed by atoms with Gasteiger partial charge < -0.3 is 13.6 Å². The van der Waals surface area contributed by atoms with Crippen LogP contribution in [-0.4, -0.2) is 9.13 Å². The second-order valence-corrected chi connectivity index (χ2v) is 10.8. The largest absolute Gasteiger partial charge is 0.454 e. The molecule has 0 fully saturated rings. The Bertz CT molecular complexity index is 2710. The Hall–Kier alpha value is -6.30. The molecule has 0 saturated carbocycles. The molecule has 3 aromatic heterocycles. The highest BCUT2D eigenvalue weighted by Crippen LogP contribution is 2.40. The monoisotopic (exact) mass is 548 g/mol. The number of benzene rings is 6. The van der Waals surface area contributed by atoms with Gasteiger partial charge in [-0.1, -0.05) is 60.7 Å². The number of nitrogens with zero attached hydrogens (tertiary/aromatic N) is 4. The van der Waals surface area contributed by atoms with Crippen LogP contribution in [-0.2, 0) is 0 Å². The van der Waals surface area contributed by atoms with Gasteiger partial charge in [-0.3, -0.25) is 0 Å². The van der Waals surface area contributed by atoms with Gasteiger partial charge in [0, 0.05) is 38.0 Å². The van der Waals surface area contributed by atoms with Crippen molar-refractivity contribution in [2.45, 2.75) is 0 Å². The molecule has 0 amide bonds. The topological polar surface area (TPSA) is 70.6 Å². The molecule has 9 aromatic rings. The van der Waals surface area contributed by atoms with E-state index in [0.29, 0.717) is 11.1 Å². The summed E-state index contributed by atoms with van der Waals surface area (Å²) < 4.78 is 10.9. The van der Waals surface area contributed by atoms with Gasteiger partial charge in [0.25, 0.3) is 0 Å². The molecule has 6 aromatic carbocycles. The number of fused-ring (bicyclic) bond motifs is 9. The molecule has 198 valence electrons. The Morgan fingerprint density at radius 2 is 1.21 bits per heavy atom. The summed E-state index contributed by atoms with van der Waals surface area (Å²) in [5, 5.41) is 25.8. The lowest BCUT2D eigenvalue weighted by Crippen LogP contribution is -1.97. The van der Waals surface area contributed by atoms with Gasteiger partial charge in [0.2, 0.25) is 0 Å². The molecular weight excluding hydrogens is 528 g/mol. The van der Waals surface area contributed by atoms with E-state index in [1.165, 1.54) is 0 Å². The highest BCUT2D eigenvalue weighted by atomic mass is 16.3. The Labute approximate surface area is 245 Å². The molecule has 3 heterocycles. The van der Waals surface area contributed by atoms with Crippen molar-refractivity contribution in [1.82, 2.24) is 9.13 Å². The molecule has 0 aliphatic carbocycles. The molecule has 0 saturated heterocycles. The van der Waals surface area contributed by atoms with Crippen molar-refractivity contribution >= 4 is 65.6 Å². The predicted molar refractivity (Wildman–Crippen MR) is 172 cm³/mol. The molecule has 0 bridgehead atoms. The van der Waals surface area contributed by atoms with Crippen LogP contribution in [0, 0.1) is 22.7 Å². The first-order chi connectivity index (χ1) is 21.2. The van der Waals surface area contributed by atoms with Gasteiger partial charge in [0.1, 0.15) is 11.7 Å². The van der Waals surface area contributed by atoms with Gasteiger partial charge in [0.05, 0.1) is 45.0 Å². The third-order valence-electron chi connectivity index (χ3n) is 8.58. The fourth-order valence-electron chi connectivity index (χ4n) is 6.77. The van der Waals surface area contributed by atoms with Gasteiger partial charge in [-0.25, -0.2) is 0 Å². The number of hydrogen-bond acceptors (Lipinski definition) is 3. The molecule has 0 N–H and O–H groups in total. The molecule has 0 aliphatic heterocycles. The molecule has 0 radical (unpaired) electrons. The van der Waals surface area contributed by atoms with Crippen molar-refractivity contribution in [2.24, 2.45) is 0 Å². The lowest BCUT2D eigenvalue weighted by atomic mass is 10.1. The number of aromatic nitrogens is 2. The number of hydrogen-bond donors (Lipinski definition) is 0. The minimum absolute atomic E-state index is 0.606. The Morgan fingerprint density at radius 1 is 0.512 bits per heavy atom. The predicted octanol–water partition coefficient (Wildman–Crippen LogP) is 9.52. The molecule has 5 heteroatoms. The standard InChI is InChI=1S/C38H20N4O/c39-21-23-15-18-36-31(19-23)29-11-6-14-35(38(29)43-36)42-33-13-4-2-9-27(33)30-20-25(16-17-34(30)42)41-32-12-3-1-8-26(32)28-10-5-7-24(22-40)37(28)41/h1-20H. The quantitative estimate of drug-likeness (QED) is 0.216. The van der Waals surface area contributed by atoms with Gasteiger partial charge in [-0.05, 0) is 60.7 Å². The second-order valence-electron chi connectivity index (χ2n) is 10.8. The highest BCUT2D eigenvalue weighted by molar-refractivity contribution is 6.14. The molecule has 0 spiro atoms. The van der Waals surface area contributed by atoms with Crippen molar-refractivity contribution in [3.8, 4) is 23.5 Å². The number of para-hydroxylation sites is 4. The van der Waals surface area contributed by atoms with Gasteiger partial charge in [-0.2, -0.15) is 10.5 Å². The van der Waals surface area contributed by atoms with Gasteiger partial charge in [0.15, 0.2) is 5.58 Å². The smallest absolute Gasteiger partial charge is 0.159 e. The van der Waals surface area contributed by atoms with Crippen molar-refractivity contribution in [3.05, 3.63) is 132 Å². The van der Waals surface area contributed by atoms with Crippen molar-refractivity contribution in [2.75, 3.05) is 0 Å². The summed E-state index contributed by atoms with van der Waals surface area (Å²) >= 11 is 0. The average Bonchev–Trinajstić information content (AvgIpc) is 3.72. The summed E-state index contributed by atoms with van der Waals surface area (Å²) in [4.78, 5) is 0. The molecule has 43 heavy (non-hydrogen) atoms. The van der Waals surface area contributed by atoms with E-state index < -0.39 is 0 Å².